The lowest BCUT2D eigenvalue weighted by Crippen LogP contribution is -2.14. The second-order valence-corrected chi connectivity index (χ2v) is 6.72. The molecule has 0 bridgehead atoms. The Balaban J connectivity index is 2.40. The third-order valence-corrected chi connectivity index (χ3v) is 4.99. The van der Waals surface area contributed by atoms with E-state index in [-0.39, 0.29) is 11.5 Å². The van der Waals surface area contributed by atoms with Crippen LogP contribution in [0.1, 0.15) is 11.3 Å². The number of nitrogens with one attached hydrogen (secondary N) is 1. The van der Waals surface area contributed by atoms with Crippen LogP contribution in [0.3, 0.4) is 0 Å². The van der Waals surface area contributed by atoms with E-state index in [0.717, 1.165) is 0 Å². The molecule has 0 unspecified atom stereocenters. The van der Waals surface area contributed by atoms with Gasteiger partial charge in [-0.1, -0.05) is 6.07 Å². The Kier molecular flexibility index (Phi) is 4.42. The zero-order valence-electron chi connectivity index (χ0n) is 10.7. The molecule has 1 aromatic heterocycles. The Morgan fingerprint density at radius 1 is 1.30 bits per heavy atom. The number of sulfonamides is 1. The number of aliphatic hydroxyl groups excluding tert-OH is 1. The molecule has 7 heteroatoms. The largest absolute Gasteiger partial charge is 0.392 e. The van der Waals surface area contributed by atoms with Crippen molar-refractivity contribution in [1.29, 1.82) is 0 Å². The molecule has 106 valence electrons. The van der Waals surface area contributed by atoms with Gasteiger partial charge in [-0.2, -0.15) is 0 Å². The Bertz CT molecular complexity index is 732. The van der Waals surface area contributed by atoms with E-state index >= 15 is 0 Å². The van der Waals surface area contributed by atoms with Crippen LogP contribution in [-0.2, 0) is 16.6 Å². The number of anilines is 1. The van der Waals surface area contributed by atoms with Crippen LogP contribution in [0.15, 0.2) is 45.9 Å². The van der Waals surface area contributed by atoms with Crippen LogP contribution in [0, 0.1) is 6.92 Å². The molecule has 2 N–H and O–H groups in total. The summed E-state index contributed by atoms with van der Waals surface area (Å²) >= 11 is 3.21. The summed E-state index contributed by atoms with van der Waals surface area (Å²) < 4.78 is 27.6. The van der Waals surface area contributed by atoms with E-state index in [1.54, 1.807) is 31.2 Å². The molecule has 0 aliphatic heterocycles. The van der Waals surface area contributed by atoms with Crippen LogP contribution in [-0.4, -0.2) is 18.5 Å². The number of pyridine rings is 1. The van der Waals surface area contributed by atoms with Gasteiger partial charge in [-0.3, -0.25) is 9.71 Å². The highest BCUT2D eigenvalue weighted by Gasteiger charge is 2.18. The van der Waals surface area contributed by atoms with Gasteiger partial charge in [0.15, 0.2) is 0 Å². The molecular weight excluding hydrogens is 344 g/mol. The topological polar surface area (TPSA) is 79.3 Å². The third kappa shape index (κ3) is 3.36. The highest BCUT2D eigenvalue weighted by molar-refractivity contribution is 9.10. The first kappa shape index (κ1) is 15.0. The second kappa shape index (κ2) is 5.90. The van der Waals surface area contributed by atoms with Crippen LogP contribution in [0.5, 0.6) is 0 Å². The maximum absolute atomic E-state index is 12.4. The zero-order chi connectivity index (χ0) is 14.8. The molecular formula is C13H13BrN2O3S. The molecule has 0 atom stereocenters. The summed E-state index contributed by atoms with van der Waals surface area (Å²) in [4.78, 5) is 4.09. The quantitative estimate of drug-likeness (QED) is 0.881. The third-order valence-electron chi connectivity index (χ3n) is 2.62. The van der Waals surface area contributed by atoms with Gasteiger partial charge in [0.05, 0.1) is 12.3 Å². The lowest BCUT2D eigenvalue weighted by Gasteiger charge is -2.11. The summed E-state index contributed by atoms with van der Waals surface area (Å²) in [7, 11) is -3.73. The number of halogens is 1. The first-order valence-corrected chi connectivity index (χ1v) is 8.05. The van der Waals surface area contributed by atoms with Crippen molar-refractivity contribution in [2.75, 3.05) is 4.72 Å². The standard InChI is InChI=1S/C13H13BrN2O3S/c1-9-6-11(4-5-15-9)16-20(18,19)13-7-10(8-17)2-3-12(13)14/h2-7,17H,8H2,1H3,(H,15,16). The number of nitrogens with zero attached hydrogens (tertiary/aromatic N) is 1. The normalized spacial score (nSPS) is 11.3. The van der Waals surface area contributed by atoms with Crippen molar-refractivity contribution in [2.24, 2.45) is 0 Å². The fourth-order valence-electron chi connectivity index (χ4n) is 1.67. The predicted octanol–water partition coefficient (Wildman–Crippen LogP) is 2.45. The molecule has 2 rings (SSSR count). The second-order valence-electron chi connectivity index (χ2n) is 4.21. The van der Waals surface area contributed by atoms with Gasteiger partial charge in [-0.15, -0.1) is 0 Å². The molecule has 0 saturated carbocycles. The summed E-state index contributed by atoms with van der Waals surface area (Å²) in [5.41, 5.74) is 1.69. The van der Waals surface area contributed by atoms with Crippen LogP contribution >= 0.6 is 15.9 Å². The van der Waals surface area contributed by atoms with Gasteiger partial charge >= 0.3 is 0 Å². The van der Waals surface area contributed by atoms with Gasteiger partial charge in [-0.05, 0) is 52.7 Å². The lowest BCUT2D eigenvalue weighted by atomic mass is 10.2. The van der Waals surface area contributed by atoms with E-state index in [9.17, 15) is 8.42 Å². The number of rotatable bonds is 4. The minimum atomic E-state index is -3.73. The summed E-state index contributed by atoms with van der Waals surface area (Å²) in [6.07, 6.45) is 1.53. The van der Waals surface area contributed by atoms with Crippen LogP contribution < -0.4 is 4.72 Å². The summed E-state index contributed by atoms with van der Waals surface area (Å²) in [5.74, 6) is 0. The Morgan fingerprint density at radius 3 is 2.70 bits per heavy atom. The van der Waals surface area contributed by atoms with Gasteiger partial charge in [0.2, 0.25) is 0 Å². The van der Waals surface area contributed by atoms with Gasteiger partial charge in [0.25, 0.3) is 10.0 Å². The average Bonchev–Trinajstić information content (AvgIpc) is 2.38. The van der Waals surface area contributed by atoms with E-state index in [4.69, 9.17) is 5.11 Å². The van der Waals surface area contributed by atoms with E-state index in [2.05, 4.69) is 25.6 Å². The molecule has 20 heavy (non-hydrogen) atoms. The number of hydrogen-bond acceptors (Lipinski definition) is 4. The summed E-state index contributed by atoms with van der Waals surface area (Å²) in [5, 5.41) is 9.11. The fourth-order valence-corrected chi connectivity index (χ4v) is 3.74. The first-order chi connectivity index (χ1) is 9.42. The molecule has 0 aliphatic carbocycles. The fraction of sp³-hybridized carbons (Fsp3) is 0.154. The summed E-state index contributed by atoms with van der Waals surface area (Å²) in [6.45, 7) is 1.56. The number of aryl methyl sites for hydroxylation is 1. The van der Waals surface area contributed by atoms with Crippen LogP contribution in [0.2, 0.25) is 0 Å². The molecule has 0 amide bonds. The maximum atomic E-state index is 12.4. The lowest BCUT2D eigenvalue weighted by molar-refractivity contribution is 0.281. The molecule has 0 radical (unpaired) electrons. The monoisotopic (exact) mass is 356 g/mol. The van der Waals surface area contributed by atoms with Crippen molar-refractivity contribution in [2.45, 2.75) is 18.4 Å². The average molecular weight is 357 g/mol. The van der Waals surface area contributed by atoms with Crippen molar-refractivity contribution in [1.82, 2.24) is 4.98 Å². The molecule has 0 aliphatic rings. The van der Waals surface area contributed by atoms with Crippen molar-refractivity contribution >= 4 is 31.6 Å². The van der Waals surface area contributed by atoms with E-state index < -0.39 is 10.0 Å². The summed E-state index contributed by atoms with van der Waals surface area (Å²) in [6, 6.07) is 7.90. The first-order valence-electron chi connectivity index (χ1n) is 5.77. The van der Waals surface area contributed by atoms with Crippen molar-refractivity contribution in [3.8, 4) is 0 Å². The van der Waals surface area contributed by atoms with Gasteiger partial charge in [0, 0.05) is 16.4 Å². The highest BCUT2D eigenvalue weighted by atomic mass is 79.9. The Morgan fingerprint density at radius 2 is 2.05 bits per heavy atom. The molecule has 0 saturated heterocycles. The Hall–Kier alpha value is -1.44. The molecule has 0 fully saturated rings. The number of aromatic nitrogens is 1. The van der Waals surface area contributed by atoms with Gasteiger partial charge in [0.1, 0.15) is 4.90 Å². The number of aliphatic hydroxyl groups is 1. The van der Waals surface area contributed by atoms with Gasteiger partial charge in [-0.25, -0.2) is 8.42 Å². The van der Waals surface area contributed by atoms with E-state index in [1.807, 2.05) is 0 Å². The SMILES string of the molecule is Cc1cc(NS(=O)(=O)c2cc(CO)ccc2Br)ccn1. The number of hydrogen-bond donors (Lipinski definition) is 2. The van der Waals surface area contributed by atoms with Crippen molar-refractivity contribution < 1.29 is 13.5 Å². The smallest absolute Gasteiger partial charge is 0.263 e. The minimum Gasteiger partial charge on any atom is -0.392 e. The van der Waals surface area contributed by atoms with E-state index in [0.29, 0.717) is 21.4 Å². The van der Waals surface area contributed by atoms with Crippen LogP contribution in [0.4, 0.5) is 5.69 Å². The van der Waals surface area contributed by atoms with Gasteiger partial charge < -0.3 is 5.11 Å². The predicted molar refractivity (Wildman–Crippen MR) is 79.8 cm³/mol. The zero-order valence-corrected chi connectivity index (χ0v) is 13.1. The number of benzene rings is 1. The molecule has 5 nitrogen and oxygen atoms in total. The minimum absolute atomic E-state index is 0.0820. The Labute approximate surface area is 125 Å². The molecule has 2 aromatic rings. The van der Waals surface area contributed by atoms with Crippen molar-refractivity contribution in [3.05, 3.63) is 52.3 Å². The van der Waals surface area contributed by atoms with Crippen molar-refractivity contribution in [3.63, 3.8) is 0 Å². The molecule has 0 spiro atoms. The van der Waals surface area contributed by atoms with Crippen LogP contribution in [0.25, 0.3) is 0 Å². The highest BCUT2D eigenvalue weighted by Crippen LogP contribution is 2.25. The molecule has 1 aromatic carbocycles. The van der Waals surface area contributed by atoms with E-state index in [1.165, 1.54) is 12.3 Å². The molecule has 1 heterocycles. The maximum Gasteiger partial charge on any atom is 0.263 e.